The van der Waals surface area contributed by atoms with Crippen molar-refractivity contribution in [3.63, 3.8) is 0 Å². The van der Waals surface area contributed by atoms with E-state index >= 15 is 0 Å². The maximum absolute atomic E-state index is 11.4. The van der Waals surface area contributed by atoms with Crippen LogP contribution in [0.5, 0.6) is 0 Å². The predicted molar refractivity (Wildman–Crippen MR) is 65.0 cm³/mol. The smallest absolute Gasteiger partial charge is 0.299 e. The molecule has 0 saturated heterocycles. The number of hydrogen-bond acceptors (Lipinski definition) is 3. The number of rotatable bonds is 4. The Bertz CT molecular complexity index is 551. The van der Waals surface area contributed by atoms with E-state index in [1.165, 1.54) is 10.8 Å². The number of nitriles is 1. The molecule has 0 amide bonds. The largest absolute Gasteiger partial charge is 0.328 e. The summed E-state index contributed by atoms with van der Waals surface area (Å²) in [4.78, 5) is 24.6. The van der Waals surface area contributed by atoms with Crippen molar-refractivity contribution in [3.05, 3.63) is 32.1 Å². The fraction of sp³-hybridized carbons (Fsp3) is 0.545. The number of nitrogens with zero attached hydrogens (tertiary/aromatic N) is 2. The van der Waals surface area contributed by atoms with Crippen molar-refractivity contribution in [2.75, 3.05) is 0 Å². The van der Waals surface area contributed by atoms with Gasteiger partial charge in [0.1, 0.15) is 5.02 Å². The summed E-state index contributed by atoms with van der Waals surface area (Å²) < 4.78 is 1.34. The normalized spacial score (nSPS) is 11.2. The van der Waals surface area contributed by atoms with Gasteiger partial charge in [-0.2, -0.15) is 5.26 Å². The first-order valence-corrected chi connectivity index (χ1v) is 5.64. The summed E-state index contributed by atoms with van der Waals surface area (Å²) in [7, 11) is 0. The maximum Gasteiger partial charge on any atom is 0.328 e. The molecule has 17 heavy (non-hydrogen) atoms. The Morgan fingerprint density at radius 3 is 2.76 bits per heavy atom. The molecule has 0 aliphatic rings. The van der Waals surface area contributed by atoms with Gasteiger partial charge in [0, 0.05) is 12.7 Å². The second-order valence-corrected chi connectivity index (χ2v) is 4.94. The molecule has 6 heteroatoms. The monoisotopic (exact) mass is 255 g/mol. The van der Waals surface area contributed by atoms with Crippen LogP contribution in [0.25, 0.3) is 0 Å². The molecule has 0 aromatic carbocycles. The van der Waals surface area contributed by atoms with E-state index in [9.17, 15) is 9.59 Å². The summed E-state index contributed by atoms with van der Waals surface area (Å²) in [6.45, 7) is 4.12. The lowest BCUT2D eigenvalue weighted by Crippen LogP contribution is -2.30. The molecule has 0 atom stereocenters. The molecular weight excluding hydrogens is 242 g/mol. The van der Waals surface area contributed by atoms with Crippen LogP contribution in [0.15, 0.2) is 15.8 Å². The molecule has 0 saturated carbocycles. The number of nitrogens with one attached hydrogen (secondary N) is 1. The average Bonchev–Trinajstić information content (AvgIpc) is 2.25. The van der Waals surface area contributed by atoms with Gasteiger partial charge >= 0.3 is 5.69 Å². The fourth-order valence-corrected chi connectivity index (χ4v) is 1.56. The van der Waals surface area contributed by atoms with Gasteiger partial charge in [0.25, 0.3) is 5.56 Å². The highest BCUT2D eigenvalue weighted by Gasteiger charge is 2.15. The molecule has 1 aromatic heterocycles. The summed E-state index contributed by atoms with van der Waals surface area (Å²) in [6, 6.07) is 2.19. The molecule has 5 nitrogen and oxygen atoms in total. The molecule has 1 rings (SSSR count). The van der Waals surface area contributed by atoms with Crippen molar-refractivity contribution in [3.8, 4) is 6.07 Å². The first-order chi connectivity index (χ1) is 7.85. The Hall–Kier alpha value is -1.54. The number of H-pyrrole nitrogens is 1. The van der Waals surface area contributed by atoms with Crippen LogP contribution in [0.3, 0.4) is 0 Å². The van der Waals surface area contributed by atoms with Gasteiger partial charge in [0.15, 0.2) is 0 Å². The van der Waals surface area contributed by atoms with E-state index in [1.807, 2.05) is 13.8 Å². The zero-order valence-electron chi connectivity index (χ0n) is 9.79. The third-order valence-corrected chi connectivity index (χ3v) is 2.74. The number of aromatic nitrogens is 2. The van der Waals surface area contributed by atoms with Crippen molar-refractivity contribution in [2.45, 2.75) is 33.2 Å². The number of aromatic amines is 1. The van der Waals surface area contributed by atoms with Gasteiger partial charge in [0.2, 0.25) is 0 Å². The first kappa shape index (κ1) is 13.5. The summed E-state index contributed by atoms with van der Waals surface area (Å²) in [5.41, 5.74) is -1.46. The van der Waals surface area contributed by atoms with Crippen molar-refractivity contribution < 1.29 is 0 Å². The van der Waals surface area contributed by atoms with E-state index < -0.39 is 16.7 Å². The van der Waals surface area contributed by atoms with E-state index in [-0.39, 0.29) is 5.02 Å². The summed E-state index contributed by atoms with van der Waals surface area (Å²) in [6.07, 6.45) is 2.66. The van der Waals surface area contributed by atoms with E-state index in [4.69, 9.17) is 16.9 Å². The summed E-state index contributed by atoms with van der Waals surface area (Å²) >= 11 is 5.63. The van der Waals surface area contributed by atoms with Crippen molar-refractivity contribution >= 4 is 11.6 Å². The predicted octanol–water partition coefficient (Wildman–Crippen LogP) is 1.52. The molecule has 0 bridgehead atoms. The standard InChI is InChI=1S/C11H14ClN3O2/c1-11(2,7-13)4-3-5-15-6-8(12)9(16)14-10(15)17/h6H,3-5H2,1-2H3,(H,14,16,17). The van der Waals surface area contributed by atoms with Gasteiger partial charge in [-0.25, -0.2) is 4.79 Å². The van der Waals surface area contributed by atoms with Gasteiger partial charge in [-0.05, 0) is 26.7 Å². The molecule has 1 aromatic rings. The van der Waals surface area contributed by atoms with Crippen LogP contribution in [-0.4, -0.2) is 9.55 Å². The molecule has 0 aliphatic carbocycles. The van der Waals surface area contributed by atoms with Gasteiger partial charge in [0.05, 0.1) is 11.5 Å². The van der Waals surface area contributed by atoms with E-state index in [2.05, 4.69) is 11.1 Å². The highest BCUT2D eigenvalue weighted by atomic mass is 35.5. The Morgan fingerprint density at radius 2 is 2.18 bits per heavy atom. The van der Waals surface area contributed by atoms with Gasteiger partial charge < -0.3 is 0 Å². The van der Waals surface area contributed by atoms with Crippen LogP contribution in [0.4, 0.5) is 0 Å². The zero-order valence-corrected chi connectivity index (χ0v) is 10.5. The third kappa shape index (κ3) is 3.75. The van der Waals surface area contributed by atoms with Crippen molar-refractivity contribution in [2.24, 2.45) is 5.41 Å². The van der Waals surface area contributed by atoms with Crippen LogP contribution in [-0.2, 0) is 6.54 Å². The first-order valence-electron chi connectivity index (χ1n) is 5.26. The molecule has 92 valence electrons. The molecule has 0 spiro atoms. The van der Waals surface area contributed by atoms with Crippen LogP contribution >= 0.6 is 11.6 Å². The molecule has 1 heterocycles. The van der Waals surface area contributed by atoms with Crippen LogP contribution in [0.2, 0.25) is 5.02 Å². The van der Waals surface area contributed by atoms with Crippen molar-refractivity contribution in [1.82, 2.24) is 9.55 Å². The van der Waals surface area contributed by atoms with E-state index in [0.29, 0.717) is 19.4 Å². The van der Waals surface area contributed by atoms with Crippen LogP contribution in [0, 0.1) is 16.7 Å². The molecule has 0 radical (unpaired) electrons. The molecular formula is C11H14ClN3O2. The minimum atomic E-state index is -0.578. The summed E-state index contributed by atoms with van der Waals surface area (Å²) in [5, 5.41) is 8.83. The zero-order chi connectivity index (χ0) is 13.1. The lowest BCUT2D eigenvalue weighted by atomic mass is 9.90. The van der Waals surface area contributed by atoms with Crippen LogP contribution in [0.1, 0.15) is 26.7 Å². The number of hydrogen-bond donors (Lipinski definition) is 1. The topological polar surface area (TPSA) is 78.7 Å². The Labute approximate surface area is 104 Å². The highest BCUT2D eigenvalue weighted by molar-refractivity contribution is 6.30. The van der Waals surface area contributed by atoms with Gasteiger partial charge in [-0.1, -0.05) is 11.6 Å². The SMILES string of the molecule is CC(C)(C#N)CCCn1cc(Cl)c(=O)[nH]c1=O. The van der Waals surface area contributed by atoms with Crippen molar-refractivity contribution in [1.29, 1.82) is 5.26 Å². The fourth-order valence-electron chi connectivity index (χ4n) is 1.40. The van der Waals surface area contributed by atoms with Gasteiger partial charge in [-0.15, -0.1) is 0 Å². The molecule has 1 N–H and O–H groups in total. The summed E-state index contributed by atoms with van der Waals surface area (Å²) in [5.74, 6) is 0. The second kappa shape index (κ2) is 5.19. The lowest BCUT2D eigenvalue weighted by molar-refractivity contribution is 0.411. The molecule has 0 aliphatic heterocycles. The molecule has 0 fully saturated rings. The Balaban J connectivity index is 2.72. The second-order valence-electron chi connectivity index (χ2n) is 4.53. The maximum atomic E-state index is 11.4. The number of aryl methyl sites for hydroxylation is 1. The Morgan fingerprint density at radius 1 is 1.53 bits per heavy atom. The van der Waals surface area contributed by atoms with E-state index in [0.717, 1.165) is 0 Å². The average molecular weight is 256 g/mol. The van der Waals surface area contributed by atoms with Gasteiger partial charge in [-0.3, -0.25) is 14.3 Å². The molecule has 0 unspecified atom stereocenters. The minimum Gasteiger partial charge on any atom is -0.299 e. The Kier molecular flexibility index (Phi) is 4.13. The quantitative estimate of drug-likeness (QED) is 0.886. The van der Waals surface area contributed by atoms with Crippen LogP contribution < -0.4 is 11.2 Å². The number of halogens is 1. The van der Waals surface area contributed by atoms with E-state index in [1.54, 1.807) is 0 Å². The third-order valence-electron chi connectivity index (χ3n) is 2.47. The lowest BCUT2D eigenvalue weighted by Gasteiger charge is -2.14. The minimum absolute atomic E-state index is 0.0101. The highest BCUT2D eigenvalue weighted by Crippen LogP contribution is 2.20.